The maximum atomic E-state index is 7.60. The maximum absolute atomic E-state index is 7.60. The lowest BCUT2D eigenvalue weighted by atomic mass is 10.3. The molecule has 0 unspecified atom stereocenters. The molecule has 0 aromatic rings. The number of nitrogens with zero attached hydrogens (tertiary/aromatic N) is 1. The van der Waals surface area contributed by atoms with Gasteiger partial charge in [0.1, 0.15) is 0 Å². The summed E-state index contributed by atoms with van der Waals surface area (Å²) < 4.78 is 4.88. The van der Waals surface area contributed by atoms with Crippen LogP contribution in [0.25, 0.3) is 0 Å². The second-order valence-corrected chi connectivity index (χ2v) is 2.36. The number of amidine groups is 1. The molecule has 0 saturated heterocycles. The molecule has 0 aliphatic heterocycles. The highest BCUT2D eigenvalue weighted by Gasteiger charge is 2.03. The molecule has 0 heterocycles. The van der Waals surface area contributed by atoms with E-state index in [4.69, 9.17) is 10.1 Å². The van der Waals surface area contributed by atoms with Crippen LogP contribution in [0.15, 0.2) is 0 Å². The Balaban J connectivity index is 3.61. The van der Waals surface area contributed by atoms with Crippen molar-refractivity contribution in [3.63, 3.8) is 0 Å². The average Bonchev–Trinajstić information content (AvgIpc) is 2.03. The van der Waals surface area contributed by atoms with Gasteiger partial charge in [-0.2, -0.15) is 0 Å². The van der Waals surface area contributed by atoms with E-state index in [-0.39, 0.29) is 0 Å². The summed E-state index contributed by atoms with van der Waals surface area (Å²) in [4.78, 5) is 2.03. The summed E-state index contributed by atoms with van der Waals surface area (Å²) in [5.41, 5.74) is 0. The van der Waals surface area contributed by atoms with E-state index in [1.54, 1.807) is 7.11 Å². The third-order valence-electron chi connectivity index (χ3n) is 1.69. The Kier molecular flexibility index (Phi) is 5.84. The predicted octanol–water partition coefficient (Wildman–Crippen LogP) is 1.34. The first-order valence-electron chi connectivity index (χ1n) is 4.07. The van der Waals surface area contributed by atoms with Gasteiger partial charge in [0.05, 0.1) is 12.4 Å². The van der Waals surface area contributed by atoms with Crippen molar-refractivity contribution in [1.29, 1.82) is 5.41 Å². The number of hydrogen-bond acceptors (Lipinski definition) is 2. The lowest BCUT2D eigenvalue weighted by molar-refractivity contribution is 0.204. The minimum atomic E-state index is 0.648. The van der Waals surface area contributed by atoms with Crippen LogP contribution in [0, 0.1) is 5.41 Å². The third kappa shape index (κ3) is 3.98. The van der Waals surface area contributed by atoms with Crippen LogP contribution in [0.1, 0.15) is 20.3 Å². The molecule has 0 radical (unpaired) electrons. The predicted molar refractivity (Wildman–Crippen MR) is 47.1 cm³/mol. The molecule has 0 aromatic carbocycles. The monoisotopic (exact) mass is 158 g/mol. The molecule has 0 fully saturated rings. The van der Waals surface area contributed by atoms with Crippen molar-refractivity contribution in [3.05, 3.63) is 0 Å². The van der Waals surface area contributed by atoms with Gasteiger partial charge >= 0.3 is 0 Å². The van der Waals surface area contributed by atoms with Crippen molar-refractivity contribution in [2.24, 2.45) is 0 Å². The molecule has 0 bridgehead atoms. The summed E-state index contributed by atoms with van der Waals surface area (Å²) in [6, 6.07) is 0. The van der Waals surface area contributed by atoms with Crippen molar-refractivity contribution in [1.82, 2.24) is 4.90 Å². The van der Waals surface area contributed by atoms with Crippen LogP contribution in [-0.2, 0) is 4.74 Å². The van der Waals surface area contributed by atoms with E-state index in [0.717, 1.165) is 19.5 Å². The van der Waals surface area contributed by atoms with Crippen molar-refractivity contribution >= 4 is 5.84 Å². The van der Waals surface area contributed by atoms with Crippen LogP contribution in [-0.4, -0.2) is 37.5 Å². The SMILES string of the molecule is CCN(CC)C(=N)CCOC. The van der Waals surface area contributed by atoms with E-state index < -0.39 is 0 Å². The first-order valence-corrected chi connectivity index (χ1v) is 4.07. The summed E-state index contributed by atoms with van der Waals surface area (Å²) in [7, 11) is 1.66. The molecule has 0 atom stereocenters. The van der Waals surface area contributed by atoms with Gasteiger partial charge in [-0.25, -0.2) is 0 Å². The van der Waals surface area contributed by atoms with Gasteiger partial charge in [0, 0.05) is 26.6 Å². The molecule has 11 heavy (non-hydrogen) atoms. The first-order chi connectivity index (χ1) is 5.26. The fourth-order valence-corrected chi connectivity index (χ4v) is 0.962. The van der Waals surface area contributed by atoms with Gasteiger partial charge in [0.15, 0.2) is 0 Å². The molecule has 1 N–H and O–H groups in total. The van der Waals surface area contributed by atoms with Crippen LogP contribution < -0.4 is 0 Å². The minimum Gasteiger partial charge on any atom is -0.384 e. The van der Waals surface area contributed by atoms with Crippen LogP contribution in [0.5, 0.6) is 0 Å². The topological polar surface area (TPSA) is 36.3 Å². The van der Waals surface area contributed by atoms with Crippen molar-refractivity contribution in [2.45, 2.75) is 20.3 Å². The van der Waals surface area contributed by atoms with Crippen LogP contribution in [0.3, 0.4) is 0 Å². The van der Waals surface area contributed by atoms with Gasteiger partial charge in [-0.15, -0.1) is 0 Å². The van der Waals surface area contributed by atoms with Gasteiger partial charge < -0.3 is 9.64 Å². The molecule has 3 heteroatoms. The normalized spacial score (nSPS) is 9.73. The molecule has 3 nitrogen and oxygen atoms in total. The summed E-state index contributed by atoms with van der Waals surface area (Å²) in [5, 5.41) is 7.60. The van der Waals surface area contributed by atoms with Crippen molar-refractivity contribution in [2.75, 3.05) is 26.8 Å². The van der Waals surface area contributed by atoms with Crippen LogP contribution >= 0.6 is 0 Å². The molecule has 0 spiro atoms. The third-order valence-corrected chi connectivity index (χ3v) is 1.69. The largest absolute Gasteiger partial charge is 0.384 e. The smallest absolute Gasteiger partial charge is 0.0980 e. The van der Waals surface area contributed by atoms with Crippen LogP contribution in [0.2, 0.25) is 0 Å². The highest BCUT2D eigenvalue weighted by molar-refractivity contribution is 5.79. The Morgan fingerprint density at radius 1 is 1.36 bits per heavy atom. The summed E-state index contributed by atoms with van der Waals surface area (Å²) in [6.07, 6.45) is 0.720. The molecule has 0 aliphatic rings. The van der Waals surface area contributed by atoms with E-state index in [9.17, 15) is 0 Å². The number of nitrogens with one attached hydrogen (secondary N) is 1. The molecule has 0 rings (SSSR count). The zero-order chi connectivity index (χ0) is 8.69. The van der Waals surface area contributed by atoms with Crippen molar-refractivity contribution in [3.8, 4) is 0 Å². The van der Waals surface area contributed by atoms with E-state index in [1.165, 1.54) is 0 Å². The Labute approximate surface area is 68.9 Å². The van der Waals surface area contributed by atoms with Gasteiger partial charge in [-0.3, -0.25) is 5.41 Å². The first kappa shape index (κ1) is 10.4. The Morgan fingerprint density at radius 3 is 2.27 bits per heavy atom. The second-order valence-electron chi connectivity index (χ2n) is 2.36. The molecule has 0 aliphatic carbocycles. The lowest BCUT2D eigenvalue weighted by Crippen LogP contribution is -2.30. The van der Waals surface area contributed by atoms with Gasteiger partial charge in [-0.1, -0.05) is 0 Å². The zero-order valence-corrected chi connectivity index (χ0v) is 7.68. The Bertz CT molecular complexity index is 111. The standard InChI is InChI=1S/C8H18N2O/c1-4-10(5-2)8(9)6-7-11-3/h9H,4-7H2,1-3H3. The average molecular weight is 158 g/mol. The van der Waals surface area contributed by atoms with Gasteiger partial charge in [0.25, 0.3) is 0 Å². The fraction of sp³-hybridized carbons (Fsp3) is 0.875. The van der Waals surface area contributed by atoms with Gasteiger partial charge in [-0.05, 0) is 13.8 Å². The molecular formula is C8H18N2O. The van der Waals surface area contributed by atoms with Gasteiger partial charge in [0.2, 0.25) is 0 Å². The van der Waals surface area contributed by atoms with E-state index in [0.29, 0.717) is 12.4 Å². The summed E-state index contributed by atoms with van der Waals surface area (Å²) in [6.45, 7) is 6.60. The second kappa shape index (κ2) is 6.16. The fourth-order valence-electron chi connectivity index (χ4n) is 0.962. The number of rotatable bonds is 5. The van der Waals surface area contributed by atoms with E-state index in [2.05, 4.69) is 13.8 Å². The number of methoxy groups -OCH3 is 1. The maximum Gasteiger partial charge on any atom is 0.0980 e. The van der Waals surface area contributed by atoms with E-state index in [1.807, 2.05) is 4.90 Å². The Hall–Kier alpha value is -0.570. The zero-order valence-electron chi connectivity index (χ0n) is 7.68. The molecule has 0 aromatic heterocycles. The molecule has 66 valence electrons. The van der Waals surface area contributed by atoms with Crippen molar-refractivity contribution < 1.29 is 4.74 Å². The number of ether oxygens (including phenoxy) is 1. The molecule has 0 amide bonds. The van der Waals surface area contributed by atoms with E-state index >= 15 is 0 Å². The minimum absolute atomic E-state index is 0.648. The highest BCUT2D eigenvalue weighted by Crippen LogP contribution is 1.93. The van der Waals surface area contributed by atoms with Crippen LogP contribution in [0.4, 0.5) is 0 Å². The summed E-state index contributed by atoms with van der Waals surface area (Å²) >= 11 is 0. The molecular weight excluding hydrogens is 140 g/mol. The quantitative estimate of drug-likeness (QED) is 0.484. The number of hydrogen-bond donors (Lipinski definition) is 1. The molecule has 0 saturated carbocycles. The Morgan fingerprint density at radius 2 is 1.91 bits per heavy atom. The lowest BCUT2D eigenvalue weighted by Gasteiger charge is -2.21. The highest BCUT2D eigenvalue weighted by atomic mass is 16.5. The summed E-state index contributed by atoms with van der Waals surface area (Å²) in [5.74, 6) is 0.678.